The van der Waals surface area contributed by atoms with Crippen LogP contribution in [0, 0.1) is 11.8 Å². The highest BCUT2D eigenvalue weighted by Crippen LogP contribution is 2.45. The van der Waals surface area contributed by atoms with Crippen molar-refractivity contribution >= 4 is 43.2 Å². The maximum atomic E-state index is 12.6. The van der Waals surface area contributed by atoms with Gasteiger partial charge in [-0.1, -0.05) is 11.6 Å². The third-order valence-electron chi connectivity index (χ3n) is 3.87. The predicted molar refractivity (Wildman–Crippen MR) is 83.1 cm³/mol. The van der Waals surface area contributed by atoms with Gasteiger partial charge in [0.05, 0.1) is 9.37 Å². The van der Waals surface area contributed by atoms with Crippen molar-refractivity contribution in [1.82, 2.24) is 4.72 Å². The van der Waals surface area contributed by atoms with E-state index in [4.69, 9.17) is 17.3 Å². The Balaban J connectivity index is 1.91. The molecule has 7 heteroatoms. The molecule has 2 aliphatic rings. The third-order valence-corrected chi connectivity index (χ3v) is 6.72. The van der Waals surface area contributed by atoms with Gasteiger partial charge in [-0.2, -0.15) is 0 Å². The van der Waals surface area contributed by atoms with Crippen LogP contribution in [-0.4, -0.2) is 14.5 Å². The molecule has 4 nitrogen and oxygen atoms in total. The van der Waals surface area contributed by atoms with Gasteiger partial charge in [-0.3, -0.25) is 0 Å². The van der Waals surface area contributed by atoms with E-state index in [2.05, 4.69) is 20.7 Å². The van der Waals surface area contributed by atoms with Crippen LogP contribution in [0.4, 0.5) is 5.69 Å². The molecule has 2 fully saturated rings. The van der Waals surface area contributed by atoms with Crippen molar-refractivity contribution in [3.8, 4) is 0 Å². The van der Waals surface area contributed by atoms with Crippen molar-refractivity contribution in [2.75, 3.05) is 5.73 Å². The second-order valence-corrected chi connectivity index (χ2v) is 8.54. The number of sulfonamides is 1. The Kier molecular flexibility index (Phi) is 3.77. The minimum atomic E-state index is -3.61. The third kappa shape index (κ3) is 2.98. The van der Waals surface area contributed by atoms with E-state index in [1.54, 1.807) is 0 Å². The fourth-order valence-corrected chi connectivity index (χ4v) is 5.18. The first kappa shape index (κ1) is 14.6. The van der Waals surface area contributed by atoms with Crippen molar-refractivity contribution < 1.29 is 8.42 Å². The molecule has 0 amide bonds. The Morgan fingerprint density at radius 2 is 1.80 bits per heavy atom. The van der Waals surface area contributed by atoms with Crippen molar-refractivity contribution in [3.63, 3.8) is 0 Å². The van der Waals surface area contributed by atoms with E-state index in [0.29, 0.717) is 27.0 Å². The standard InChI is InChI=1S/C13H16BrClN2O2S/c14-12-10(16)5-9(15)6-11(12)20(18,19)17-13(7-1-2-7)8-3-4-8/h5-8,13,17H,1-4,16H2. The summed E-state index contributed by atoms with van der Waals surface area (Å²) in [6, 6.07) is 3.03. The molecule has 0 aromatic heterocycles. The molecule has 1 aromatic rings. The SMILES string of the molecule is Nc1cc(Cl)cc(S(=O)(=O)NC(C2CC2)C2CC2)c1Br. The summed E-state index contributed by atoms with van der Waals surface area (Å²) in [5.74, 6) is 0.986. The van der Waals surface area contributed by atoms with Crippen LogP contribution in [0.3, 0.4) is 0 Å². The van der Waals surface area contributed by atoms with Gasteiger partial charge < -0.3 is 5.73 Å². The highest BCUT2D eigenvalue weighted by atomic mass is 79.9. The molecule has 0 saturated heterocycles. The Bertz CT molecular complexity index is 630. The largest absolute Gasteiger partial charge is 0.398 e. The van der Waals surface area contributed by atoms with Gasteiger partial charge in [0.15, 0.2) is 0 Å². The number of anilines is 1. The molecule has 2 saturated carbocycles. The van der Waals surface area contributed by atoms with Gasteiger partial charge >= 0.3 is 0 Å². The molecule has 0 unspecified atom stereocenters. The smallest absolute Gasteiger partial charge is 0.242 e. The van der Waals surface area contributed by atoms with E-state index < -0.39 is 10.0 Å². The number of nitrogens with one attached hydrogen (secondary N) is 1. The lowest BCUT2D eigenvalue weighted by atomic mass is 10.1. The number of halogens is 2. The molecule has 0 spiro atoms. The van der Waals surface area contributed by atoms with Crippen LogP contribution in [-0.2, 0) is 10.0 Å². The molecule has 110 valence electrons. The maximum absolute atomic E-state index is 12.6. The van der Waals surface area contributed by atoms with E-state index >= 15 is 0 Å². The van der Waals surface area contributed by atoms with Crippen molar-refractivity contribution in [2.45, 2.75) is 36.6 Å². The Morgan fingerprint density at radius 3 is 2.30 bits per heavy atom. The highest BCUT2D eigenvalue weighted by Gasteiger charge is 2.43. The first-order valence-corrected chi connectivity index (χ1v) is 9.31. The molecular formula is C13H16BrClN2O2S. The molecule has 0 atom stereocenters. The average Bonchev–Trinajstić information content (AvgIpc) is 3.24. The van der Waals surface area contributed by atoms with Gasteiger partial charge in [-0.05, 0) is 65.6 Å². The van der Waals surface area contributed by atoms with E-state index in [1.807, 2.05) is 0 Å². The van der Waals surface area contributed by atoms with Crippen molar-refractivity contribution in [3.05, 3.63) is 21.6 Å². The topological polar surface area (TPSA) is 72.2 Å². The van der Waals surface area contributed by atoms with Crippen LogP contribution in [0.5, 0.6) is 0 Å². The first-order valence-electron chi connectivity index (χ1n) is 6.65. The molecule has 0 radical (unpaired) electrons. The average molecular weight is 380 g/mol. The summed E-state index contributed by atoms with van der Waals surface area (Å²) in [6.45, 7) is 0. The van der Waals surface area contributed by atoms with Crippen LogP contribution in [0.1, 0.15) is 25.7 Å². The minimum Gasteiger partial charge on any atom is -0.398 e. The van der Waals surface area contributed by atoms with E-state index in [1.165, 1.54) is 12.1 Å². The quantitative estimate of drug-likeness (QED) is 0.772. The fraction of sp³-hybridized carbons (Fsp3) is 0.538. The summed E-state index contributed by atoms with van der Waals surface area (Å²) in [5, 5.41) is 0.320. The molecule has 3 N–H and O–H groups in total. The summed E-state index contributed by atoms with van der Waals surface area (Å²) in [6.07, 6.45) is 4.45. The maximum Gasteiger partial charge on any atom is 0.242 e. The number of hydrogen-bond acceptors (Lipinski definition) is 3. The van der Waals surface area contributed by atoms with Crippen molar-refractivity contribution in [1.29, 1.82) is 0 Å². The molecule has 1 aromatic carbocycles. The molecule has 2 aliphatic carbocycles. The molecule has 3 rings (SSSR count). The summed E-state index contributed by atoms with van der Waals surface area (Å²) >= 11 is 9.16. The number of rotatable bonds is 5. The highest BCUT2D eigenvalue weighted by molar-refractivity contribution is 9.10. The Hall–Kier alpha value is -0.300. The Labute approximate surface area is 132 Å². The van der Waals surface area contributed by atoms with Crippen LogP contribution in [0.2, 0.25) is 5.02 Å². The molecule has 0 aliphatic heterocycles. The molecule has 0 bridgehead atoms. The second-order valence-electron chi connectivity index (χ2n) is 5.63. The van der Waals surface area contributed by atoms with E-state index in [-0.39, 0.29) is 10.9 Å². The van der Waals surface area contributed by atoms with Crippen molar-refractivity contribution in [2.24, 2.45) is 11.8 Å². The molecule has 20 heavy (non-hydrogen) atoms. The lowest BCUT2D eigenvalue weighted by Gasteiger charge is -2.19. The van der Waals surface area contributed by atoms with Gasteiger partial charge in [0.25, 0.3) is 0 Å². The number of nitrogen functional groups attached to an aromatic ring is 1. The van der Waals surface area contributed by atoms with E-state index in [9.17, 15) is 8.42 Å². The number of benzene rings is 1. The number of hydrogen-bond donors (Lipinski definition) is 2. The summed E-state index contributed by atoms with van der Waals surface area (Å²) in [7, 11) is -3.61. The van der Waals surface area contributed by atoms with Gasteiger partial charge in [-0.25, -0.2) is 13.1 Å². The van der Waals surface area contributed by atoms with Crippen LogP contribution < -0.4 is 10.5 Å². The first-order chi connectivity index (χ1) is 9.38. The second kappa shape index (κ2) is 5.16. The lowest BCUT2D eigenvalue weighted by Crippen LogP contribution is -2.38. The van der Waals surface area contributed by atoms with Crippen LogP contribution in [0.25, 0.3) is 0 Å². The summed E-state index contributed by atoms with van der Waals surface area (Å²) in [5.41, 5.74) is 6.10. The predicted octanol–water partition coefficient (Wildman–Crippen LogP) is 3.15. The van der Waals surface area contributed by atoms with Crippen LogP contribution >= 0.6 is 27.5 Å². The van der Waals surface area contributed by atoms with Gasteiger partial charge in [-0.15, -0.1) is 0 Å². The minimum absolute atomic E-state index is 0.0621. The summed E-state index contributed by atoms with van der Waals surface area (Å²) in [4.78, 5) is 0.119. The lowest BCUT2D eigenvalue weighted by molar-refractivity contribution is 0.471. The zero-order chi connectivity index (χ0) is 14.5. The zero-order valence-electron chi connectivity index (χ0n) is 10.8. The fourth-order valence-electron chi connectivity index (χ4n) is 2.51. The van der Waals surface area contributed by atoms with Gasteiger partial charge in [0, 0.05) is 16.8 Å². The zero-order valence-corrected chi connectivity index (χ0v) is 13.9. The molecular weight excluding hydrogens is 364 g/mol. The van der Waals surface area contributed by atoms with Gasteiger partial charge in [0.1, 0.15) is 0 Å². The number of nitrogens with two attached hydrogens (primary N) is 1. The summed E-state index contributed by atoms with van der Waals surface area (Å²) < 4.78 is 28.4. The Morgan fingerprint density at radius 1 is 1.25 bits per heavy atom. The van der Waals surface area contributed by atoms with E-state index in [0.717, 1.165) is 25.7 Å². The van der Waals surface area contributed by atoms with Crippen LogP contribution in [0.15, 0.2) is 21.5 Å². The molecule has 0 heterocycles. The normalized spacial score (nSPS) is 19.6. The monoisotopic (exact) mass is 378 g/mol. The van der Waals surface area contributed by atoms with Gasteiger partial charge in [0.2, 0.25) is 10.0 Å².